The molecule has 2 unspecified atom stereocenters. The minimum absolute atomic E-state index is 0.211. The number of Topliss-reactive ketones (excluding diaryl/α,β-unsaturated/α-hetero) is 2. The average Bonchev–Trinajstić information content (AvgIpc) is 3.15. The summed E-state index contributed by atoms with van der Waals surface area (Å²) < 4.78 is 6.41. The monoisotopic (exact) mass is 462 g/mol. The van der Waals surface area contributed by atoms with Gasteiger partial charge in [-0.05, 0) is 75.9 Å². The van der Waals surface area contributed by atoms with E-state index in [9.17, 15) is 14.7 Å². The van der Waals surface area contributed by atoms with Gasteiger partial charge in [0.15, 0.2) is 22.8 Å². The molecule has 2 rings (SSSR count). The van der Waals surface area contributed by atoms with Crippen molar-refractivity contribution in [1.82, 2.24) is 0 Å². The molecule has 0 radical (unpaired) electrons. The van der Waals surface area contributed by atoms with Gasteiger partial charge in [0.05, 0.1) is 5.60 Å². The maximum Gasteiger partial charge on any atom is 0.194 e. The van der Waals surface area contributed by atoms with Crippen LogP contribution in [0.3, 0.4) is 0 Å². The van der Waals surface area contributed by atoms with Crippen molar-refractivity contribution >= 4 is 11.6 Å². The molecule has 0 amide bonds. The Kier molecular flexibility index (Phi) is 9.55. The highest BCUT2D eigenvalue weighted by molar-refractivity contribution is 6.14. The first kappa shape index (κ1) is 28.2. The second-order valence-corrected chi connectivity index (χ2v) is 12.1. The number of carbonyl (C=O) groups is 2. The van der Waals surface area contributed by atoms with Crippen molar-refractivity contribution in [3.63, 3.8) is 0 Å². The van der Waals surface area contributed by atoms with E-state index in [1.165, 1.54) is 45.4 Å². The van der Waals surface area contributed by atoms with Crippen molar-refractivity contribution in [3.05, 3.63) is 11.1 Å². The zero-order valence-electron chi connectivity index (χ0n) is 22.7. The first-order chi connectivity index (χ1) is 15.3. The lowest BCUT2D eigenvalue weighted by Crippen LogP contribution is -2.60. The number of ketones is 2. The molecule has 190 valence electrons. The fourth-order valence-electron chi connectivity index (χ4n) is 6.12. The van der Waals surface area contributed by atoms with Gasteiger partial charge in [0.25, 0.3) is 0 Å². The standard InChI is InChI=1S/C29H50O4/c1-20(2)12-9-13-21(3)14-10-15-22(4)16-11-17-27(8)18-19-28(33-27)26(31)23(5)24(6)29(28,32)25(7)30/h20-22,32H,9-19H2,1-8H3/t21?,22?,27-,28+,29-/m1/s1. The van der Waals surface area contributed by atoms with E-state index in [1.54, 1.807) is 13.8 Å². The van der Waals surface area contributed by atoms with Gasteiger partial charge in [0.2, 0.25) is 0 Å². The molecule has 0 aromatic rings. The molecule has 1 fully saturated rings. The molecule has 4 heteroatoms. The van der Waals surface area contributed by atoms with Crippen molar-refractivity contribution in [1.29, 1.82) is 0 Å². The van der Waals surface area contributed by atoms with Crippen LogP contribution in [0.1, 0.15) is 126 Å². The van der Waals surface area contributed by atoms with Crippen molar-refractivity contribution < 1.29 is 19.4 Å². The summed E-state index contributed by atoms with van der Waals surface area (Å²) in [6, 6.07) is 0. The topological polar surface area (TPSA) is 63.6 Å². The molecule has 1 saturated heterocycles. The minimum atomic E-state index is -1.83. The predicted molar refractivity (Wildman–Crippen MR) is 135 cm³/mol. The van der Waals surface area contributed by atoms with E-state index in [4.69, 9.17) is 4.74 Å². The summed E-state index contributed by atoms with van der Waals surface area (Å²) in [4.78, 5) is 25.6. The van der Waals surface area contributed by atoms with Crippen LogP contribution in [0.5, 0.6) is 0 Å². The van der Waals surface area contributed by atoms with Crippen molar-refractivity contribution in [2.45, 2.75) is 143 Å². The molecule has 5 atom stereocenters. The van der Waals surface area contributed by atoms with Gasteiger partial charge in [-0.3, -0.25) is 9.59 Å². The Labute approximate surface area is 202 Å². The molecular formula is C29H50O4. The fraction of sp³-hybridized carbons (Fsp3) is 0.862. The van der Waals surface area contributed by atoms with Gasteiger partial charge < -0.3 is 9.84 Å². The van der Waals surface area contributed by atoms with Gasteiger partial charge in [-0.25, -0.2) is 0 Å². The number of carbonyl (C=O) groups excluding carboxylic acids is 2. The molecule has 0 saturated carbocycles. The lowest BCUT2D eigenvalue weighted by Gasteiger charge is -2.39. The first-order valence-electron chi connectivity index (χ1n) is 13.5. The van der Waals surface area contributed by atoms with Gasteiger partial charge in [-0.2, -0.15) is 0 Å². The van der Waals surface area contributed by atoms with Crippen LogP contribution in [-0.4, -0.2) is 33.5 Å². The van der Waals surface area contributed by atoms with Crippen molar-refractivity contribution in [2.75, 3.05) is 0 Å². The summed E-state index contributed by atoms with van der Waals surface area (Å²) in [7, 11) is 0. The Morgan fingerprint density at radius 2 is 1.45 bits per heavy atom. The van der Waals surface area contributed by atoms with Gasteiger partial charge in [-0.15, -0.1) is 0 Å². The van der Waals surface area contributed by atoms with E-state index in [0.29, 0.717) is 29.9 Å². The van der Waals surface area contributed by atoms with Crippen molar-refractivity contribution in [3.8, 4) is 0 Å². The van der Waals surface area contributed by atoms with E-state index in [0.717, 1.165) is 31.1 Å². The Hall–Kier alpha value is -1.00. The Morgan fingerprint density at radius 3 is 1.97 bits per heavy atom. The molecule has 0 aromatic carbocycles. The maximum atomic E-state index is 13.1. The lowest BCUT2D eigenvalue weighted by molar-refractivity contribution is -0.188. The summed E-state index contributed by atoms with van der Waals surface area (Å²) >= 11 is 0. The highest BCUT2D eigenvalue weighted by Gasteiger charge is 2.69. The molecule has 1 aliphatic heterocycles. The molecule has 1 N–H and O–H groups in total. The zero-order valence-corrected chi connectivity index (χ0v) is 22.7. The largest absolute Gasteiger partial charge is 0.374 e. The Morgan fingerprint density at radius 1 is 0.939 bits per heavy atom. The number of hydrogen-bond donors (Lipinski definition) is 1. The van der Waals surface area contributed by atoms with Gasteiger partial charge in [0, 0.05) is 0 Å². The second kappa shape index (κ2) is 11.2. The Balaban J connectivity index is 1.80. The van der Waals surface area contributed by atoms with E-state index in [1.807, 2.05) is 6.92 Å². The van der Waals surface area contributed by atoms with Gasteiger partial charge >= 0.3 is 0 Å². The number of rotatable bonds is 13. The number of aliphatic hydroxyl groups is 1. The highest BCUT2D eigenvalue weighted by Crippen LogP contribution is 2.54. The normalized spacial score (nSPS) is 31.8. The number of ether oxygens (including phenoxy) is 1. The molecule has 0 aromatic heterocycles. The smallest absolute Gasteiger partial charge is 0.194 e. The molecule has 2 aliphatic rings. The summed E-state index contributed by atoms with van der Waals surface area (Å²) in [5, 5.41) is 11.3. The maximum absolute atomic E-state index is 13.1. The van der Waals surface area contributed by atoms with Crippen LogP contribution >= 0.6 is 0 Å². The third-order valence-corrected chi connectivity index (χ3v) is 8.61. The quantitative estimate of drug-likeness (QED) is 0.321. The van der Waals surface area contributed by atoms with E-state index in [-0.39, 0.29) is 5.78 Å². The van der Waals surface area contributed by atoms with Crippen molar-refractivity contribution in [2.24, 2.45) is 17.8 Å². The van der Waals surface area contributed by atoms with Crippen LogP contribution in [0.15, 0.2) is 11.1 Å². The van der Waals surface area contributed by atoms with Crippen LogP contribution in [-0.2, 0) is 14.3 Å². The van der Waals surface area contributed by atoms with Gasteiger partial charge in [-0.1, -0.05) is 79.1 Å². The second-order valence-electron chi connectivity index (χ2n) is 12.1. The molecule has 1 spiro atoms. The first-order valence-corrected chi connectivity index (χ1v) is 13.5. The summed E-state index contributed by atoms with van der Waals surface area (Å²) in [6.07, 6.45) is 12.1. The third-order valence-electron chi connectivity index (χ3n) is 8.61. The van der Waals surface area contributed by atoms with Crippen LogP contribution in [0, 0.1) is 17.8 Å². The average molecular weight is 463 g/mol. The SMILES string of the molecule is CC(=O)[C@]1(O)C(C)=C(C)C(=O)[C@@]12CC[C@@](C)(CCCC(C)CCCC(C)CCCC(C)C)O2. The Bertz CT molecular complexity index is 738. The molecule has 0 bridgehead atoms. The minimum Gasteiger partial charge on any atom is -0.374 e. The number of hydrogen-bond acceptors (Lipinski definition) is 4. The molecule has 33 heavy (non-hydrogen) atoms. The third kappa shape index (κ3) is 5.99. The highest BCUT2D eigenvalue weighted by atomic mass is 16.6. The molecule has 4 nitrogen and oxygen atoms in total. The lowest BCUT2D eigenvalue weighted by atomic mass is 9.77. The summed E-state index contributed by atoms with van der Waals surface area (Å²) in [6.45, 7) is 16.1. The molecular weight excluding hydrogens is 412 g/mol. The van der Waals surface area contributed by atoms with E-state index >= 15 is 0 Å². The van der Waals surface area contributed by atoms with Crippen LogP contribution < -0.4 is 0 Å². The molecule has 1 heterocycles. The van der Waals surface area contributed by atoms with E-state index < -0.39 is 22.6 Å². The predicted octanol–water partition coefficient (Wildman–Crippen LogP) is 6.97. The summed E-state index contributed by atoms with van der Waals surface area (Å²) in [5.74, 6) is 1.70. The fourth-order valence-corrected chi connectivity index (χ4v) is 6.12. The molecule has 1 aliphatic carbocycles. The van der Waals surface area contributed by atoms with Gasteiger partial charge in [0.1, 0.15) is 0 Å². The van der Waals surface area contributed by atoms with Crippen LogP contribution in [0.25, 0.3) is 0 Å². The van der Waals surface area contributed by atoms with Crippen LogP contribution in [0.4, 0.5) is 0 Å². The summed E-state index contributed by atoms with van der Waals surface area (Å²) in [5.41, 5.74) is -2.81. The van der Waals surface area contributed by atoms with Crippen LogP contribution in [0.2, 0.25) is 0 Å². The zero-order chi connectivity index (χ0) is 25.0. The van der Waals surface area contributed by atoms with E-state index in [2.05, 4.69) is 27.7 Å².